The minimum absolute atomic E-state index is 0.0464. The van der Waals surface area contributed by atoms with E-state index in [1.807, 2.05) is 0 Å². The van der Waals surface area contributed by atoms with Crippen molar-refractivity contribution < 1.29 is 18.4 Å². The minimum Gasteiger partial charge on any atom is -0.380 e. The third kappa shape index (κ3) is 31.6. The standard InChI is InChI=1S/C39H84N2O2/c1-9-11-13-15-17-19-21-23-25-27-29-31-33-42-37-39(35-40(3,4)5,36-41(6,7)8)38-43-34-32-30-28-26-24-22-20-18-16-14-12-10-2/h9-38H2,1-8H3/q+2. The summed E-state index contributed by atoms with van der Waals surface area (Å²) in [7, 11) is 13.9. The molecule has 4 heteroatoms. The summed E-state index contributed by atoms with van der Waals surface area (Å²) in [6.07, 6.45) is 33.3. The van der Waals surface area contributed by atoms with Gasteiger partial charge in [-0.25, -0.2) is 0 Å². The van der Waals surface area contributed by atoms with Gasteiger partial charge in [-0.05, 0) is 12.8 Å². The van der Waals surface area contributed by atoms with E-state index in [1.165, 1.54) is 154 Å². The van der Waals surface area contributed by atoms with E-state index in [0.717, 1.165) is 48.5 Å². The number of hydrogen-bond acceptors (Lipinski definition) is 2. The Hall–Kier alpha value is -0.160. The highest BCUT2D eigenvalue weighted by atomic mass is 16.5. The second-order valence-corrected chi connectivity index (χ2v) is 16.3. The summed E-state index contributed by atoms with van der Waals surface area (Å²) < 4.78 is 14.8. The van der Waals surface area contributed by atoms with Crippen molar-refractivity contribution in [3.05, 3.63) is 0 Å². The van der Waals surface area contributed by atoms with Gasteiger partial charge < -0.3 is 18.4 Å². The molecule has 0 aliphatic heterocycles. The lowest BCUT2D eigenvalue weighted by atomic mass is 9.87. The Bertz CT molecular complexity index is 517. The summed E-state index contributed by atoms with van der Waals surface area (Å²) in [5, 5.41) is 0. The van der Waals surface area contributed by atoms with E-state index >= 15 is 0 Å². The molecule has 0 bridgehead atoms. The molecule has 0 saturated heterocycles. The van der Waals surface area contributed by atoms with E-state index in [9.17, 15) is 0 Å². The Morgan fingerprint density at radius 1 is 0.349 bits per heavy atom. The monoisotopic (exact) mass is 613 g/mol. The molecule has 0 unspecified atom stereocenters. The summed E-state index contributed by atoms with van der Waals surface area (Å²) in [5.74, 6) is 0. The van der Waals surface area contributed by atoms with E-state index in [-0.39, 0.29) is 5.41 Å². The van der Waals surface area contributed by atoms with Crippen LogP contribution in [0.2, 0.25) is 0 Å². The van der Waals surface area contributed by atoms with Gasteiger partial charge in [0, 0.05) is 13.2 Å². The molecular formula is C39H84N2O2+2. The Morgan fingerprint density at radius 3 is 0.814 bits per heavy atom. The highest BCUT2D eigenvalue weighted by Gasteiger charge is 2.41. The normalized spacial score (nSPS) is 12.8. The summed E-state index contributed by atoms with van der Waals surface area (Å²) in [6.45, 7) is 10.2. The summed E-state index contributed by atoms with van der Waals surface area (Å²) >= 11 is 0. The first-order chi connectivity index (χ1) is 20.5. The lowest BCUT2D eigenvalue weighted by Gasteiger charge is -2.42. The highest BCUT2D eigenvalue weighted by Crippen LogP contribution is 2.26. The minimum atomic E-state index is 0.0464. The maximum absolute atomic E-state index is 6.45. The highest BCUT2D eigenvalue weighted by molar-refractivity contribution is 4.79. The average Bonchev–Trinajstić information content (AvgIpc) is 2.91. The molecule has 0 rings (SSSR count). The Morgan fingerprint density at radius 2 is 0.581 bits per heavy atom. The first kappa shape index (κ1) is 42.8. The number of quaternary nitrogens is 2. The molecule has 260 valence electrons. The number of rotatable bonds is 34. The molecule has 43 heavy (non-hydrogen) atoms. The second-order valence-electron chi connectivity index (χ2n) is 16.3. The molecule has 0 aromatic rings. The molecular weight excluding hydrogens is 528 g/mol. The SMILES string of the molecule is CCCCCCCCCCCCCCOCC(COCCCCCCCCCCCCCC)(C[N+](C)(C)C)C[N+](C)(C)C. The average molecular weight is 613 g/mol. The van der Waals surface area contributed by atoms with Crippen LogP contribution in [0.15, 0.2) is 0 Å². The van der Waals surface area contributed by atoms with Crippen molar-refractivity contribution in [3.8, 4) is 0 Å². The van der Waals surface area contributed by atoms with Crippen molar-refractivity contribution in [2.75, 3.05) is 81.8 Å². The zero-order valence-electron chi connectivity index (χ0n) is 31.4. The van der Waals surface area contributed by atoms with Gasteiger partial charge in [-0.2, -0.15) is 0 Å². The fourth-order valence-corrected chi connectivity index (χ4v) is 6.95. The fraction of sp³-hybridized carbons (Fsp3) is 1.00. The molecule has 0 aliphatic carbocycles. The fourth-order valence-electron chi connectivity index (χ4n) is 6.95. The van der Waals surface area contributed by atoms with Crippen LogP contribution >= 0.6 is 0 Å². The van der Waals surface area contributed by atoms with Crippen molar-refractivity contribution in [1.82, 2.24) is 0 Å². The van der Waals surface area contributed by atoms with Crippen LogP contribution in [0, 0.1) is 5.41 Å². The quantitative estimate of drug-likeness (QED) is 0.0531. The molecule has 0 aromatic carbocycles. The van der Waals surface area contributed by atoms with Gasteiger partial charge in [-0.3, -0.25) is 0 Å². The van der Waals surface area contributed by atoms with Gasteiger partial charge in [0.2, 0.25) is 0 Å². The predicted octanol–water partition coefficient (Wildman–Crippen LogP) is 10.8. The van der Waals surface area contributed by atoms with Crippen LogP contribution in [0.1, 0.15) is 168 Å². The number of nitrogens with zero attached hydrogens (tertiary/aromatic N) is 2. The van der Waals surface area contributed by atoms with E-state index in [4.69, 9.17) is 9.47 Å². The van der Waals surface area contributed by atoms with E-state index < -0.39 is 0 Å². The molecule has 0 aromatic heterocycles. The molecule has 0 fully saturated rings. The number of hydrogen-bond donors (Lipinski definition) is 0. The van der Waals surface area contributed by atoms with Gasteiger partial charge in [0.1, 0.15) is 5.41 Å². The molecule has 0 heterocycles. The van der Waals surface area contributed by atoms with Crippen molar-refractivity contribution in [2.45, 2.75) is 168 Å². The lowest BCUT2D eigenvalue weighted by molar-refractivity contribution is -0.903. The van der Waals surface area contributed by atoms with Gasteiger partial charge in [0.05, 0.1) is 68.6 Å². The van der Waals surface area contributed by atoms with Crippen molar-refractivity contribution in [2.24, 2.45) is 5.41 Å². The summed E-state index contributed by atoms with van der Waals surface area (Å²) in [4.78, 5) is 0. The number of ether oxygens (including phenoxy) is 2. The predicted molar refractivity (Wildman–Crippen MR) is 192 cm³/mol. The second kappa shape index (κ2) is 28.1. The summed E-state index contributed by atoms with van der Waals surface area (Å²) in [5.41, 5.74) is 0.0464. The van der Waals surface area contributed by atoms with Gasteiger partial charge in [-0.15, -0.1) is 0 Å². The smallest absolute Gasteiger partial charge is 0.115 e. The lowest BCUT2D eigenvalue weighted by Crippen LogP contribution is -2.57. The topological polar surface area (TPSA) is 18.5 Å². The third-order valence-electron chi connectivity index (χ3n) is 8.72. The molecule has 4 nitrogen and oxygen atoms in total. The van der Waals surface area contributed by atoms with Crippen molar-refractivity contribution >= 4 is 0 Å². The molecule has 0 N–H and O–H groups in total. The van der Waals surface area contributed by atoms with Crippen LogP contribution in [-0.2, 0) is 9.47 Å². The zero-order chi connectivity index (χ0) is 32.1. The van der Waals surface area contributed by atoms with Gasteiger partial charge in [0.25, 0.3) is 0 Å². The van der Waals surface area contributed by atoms with Gasteiger partial charge in [0.15, 0.2) is 0 Å². The molecule has 0 radical (unpaired) electrons. The van der Waals surface area contributed by atoms with Crippen LogP contribution in [0.25, 0.3) is 0 Å². The molecule has 0 saturated carbocycles. The van der Waals surface area contributed by atoms with Crippen LogP contribution < -0.4 is 0 Å². The number of unbranched alkanes of at least 4 members (excludes halogenated alkanes) is 22. The molecule has 0 aliphatic rings. The van der Waals surface area contributed by atoms with Crippen LogP contribution in [0.3, 0.4) is 0 Å². The molecule has 0 atom stereocenters. The van der Waals surface area contributed by atoms with Gasteiger partial charge >= 0.3 is 0 Å². The first-order valence-electron chi connectivity index (χ1n) is 19.3. The van der Waals surface area contributed by atoms with Crippen molar-refractivity contribution in [3.63, 3.8) is 0 Å². The third-order valence-corrected chi connectivity index (χ3v) is 8.72. The van der Waals surface area contributed by atoms with Crippen LogP contribution in [0.5, 0.6) is 0 Å². The van der Waals surface area contributed by atoms with Crippen LogP contribution in [0.4, 0.5) is 0 Å². The summed E-state index contributed by atoms with van der Waals surface area (Å²) in [6, 6.07) is 0. The maximum atomic E-state index is 6.45. The van der Waals surface area contributed by atoms with E-state index in [1.54, 1.807) is 0 Å². The molecule has 0 amide bonds. The Kier molecular flexibility index (Phi) is 28.0. The van der Waals surface area contributed by atoms with E-state index in [2.05, 4.69) is 56.1 Å². The van der Waals surface area contributed by atoms with Crippen LogP contribution in [-0.4, -0.2) is 90.8 Å². The van der Waals surface area contributed by atoms with Gasteiger partial charge in [-0.1, -0.05) is 155 Å². The van der Waals surface area contributed by atoms with E-state index in [0.29, 0.717) is 0 Å². The maximum Gasteiger partial charge on any atom is 0.115 e. The molecule has 0 spiro atoms. The first-order valence-corrected chi connectivity index (χ1v) is 19.3. The van der Waals surface area contributed by atoms with Crippen molar-refractivity contribution in [1.29, 1.82) is 0 Å². The Labute approximate surface area is 273 Å². The Balaban J connectivity index is 4.29. The zero-order valence-corrected chi connectivity index (χ0v) is 31.4. The largest absolute Gasteiger partial charge is 0.380 e.